The van der Waals surface area contributed by atoms with Gasteiger partial charge in [0.05, 0.1) is 13.7 Å². The number of carbonyl (C=O) groups is 1. The molecule has 150 valence electrons. The van der Waals surface area contributed by atoms with Crippen molar-refractivity contribution < 1.29 is 14.3 Å². The number of ether oxygens (including phenoxy) is 2. The summed E-state index contributed by atoms with van der Waals surface area (Å²) in [5.74, 6) is 1.97. The van der Waals surface area contributed by atoms with Gasteiger partial charge < -0.3 is 14.8 Å². The molecule has 6 heteroatoms. The average molecular weight is 428 g/mol. The summed E-state index contributed by atoms with van der Waals surface area (Å²) in [6.45, 7) is 2.51. The molecule has 29 heavy (non-hydrogen) atoms. The van der Waals surface area contributed by atoms with Crippen molar-refractivity contribution in [2.45, 2.75) is 17.6 Å². The van der Waals surface area contributed by atoms with E-state index in [2.05, 4.69) is 5.32 Å². The molecular weight excluding hydrogens is 406 g/mol. The SMILES string of the molecule is CCOc1ccc(C(=O)Nc2cccc(OC)c2)cc1CSc1ccc(Cl)cc1. The minimum Gasteiger partial charge on any atom is -0.497 e. The number of halogens is 1. The van der Waals surface area contributed by atoms with Gasteiger partial charge in [-0.3, -0.25) is 4.79 Å². The number of amides is 1. The molecule has 0 radical (unpaired) electrons. The smallest absolute Gasteiger partial charge is 0.255 e. The van der Waals surface area contributed by atoms with Gasteiger partial charge in [-0.15, -0.1) is 11.8 Å². The third kappa shape index (κ3) is 5.92. The number of thioether (sulfide) groups is 1. The van der Waals surface area contributed by atoms with Gasteiger partial charge in [-0.1, -0.05) is 17.7 Å². The largest absolute Gasteiger partial charge is 0.497 e. The molecule has 0 aliphatic carbocycles. The Kier molecular flexibility index (Phi) is 7.44. The summed E-state index contributed by atoms with van der Waals surface area (Å²) < 4.78 is 11.0. The minimum absolute atomic E-state index is 0.181. The van der Waals surface area contributed by atoms with Gasteiger partial charge in [0.2, 0.25) is 0 Å². The van der Waals surface area contributed by atoms with E-state index in [0.717, 1.165) is 16.2 Å². The zero-order valence-corrected chi connectivity index (χ0v) is 17.8. The third-order valence-corrected chi connectivity index (χ3v) is 5.47. The Labute approximate surface area is 180 Å². The molecule has 0 aromatic heterocycles. The quantitative estimate of drug-likeness (QED) is 0.429. The van der Waals surface area contributed by atoms with Crippen LogP contribution < -0.4 is 14.8 Å². The van der Waals surface area contributed by atoms with Crippen molar-refractivity contribution in [3.8, 4) is 11.5 Å². The summed E-state index contributed by atoms with van der Waals surface area (Å²) in [7, 11) is 1.60. The average Bonchev–Trinajstić information content (AvgIpc) is 2.74. The van der Waals surface area contributed by atoms with Crippen LogP contribution in [0, 0.1) is 0 Å². The topological polar surface area (TPSA) is 47.6 Å². The number of anilines is 1. The summed E-state index contributed by atoms with van der Waals surface area (Å²) in [5, 5.41) is 3.62. The van der Waals surface area contributed by atoms with Gasteiger partial charge in [-0.2, -0.15) is 0 Å². The van der Waals surface area contributed by atoms with Crippen molar-refractivity contribution in [3.63, 3.8) is 0 Å². The van der Waals surface area contributed by atoms with E-state index in [1.165, 1.54) is 0 Å². The lowest BCUT2D eigenvalue weighted by Gasteiger charge is -2.13. The molecule has 4 nitrogen and oxygen atoms in total. The molecule has 0 spiro atoms. The van der Waals surface area contributed by atoms with Crippen LogP contribution in [-0.2, 0) is 5.75 Å². The molecule has 1 amide bonds. The van der Waals surface area contributed by atoms with Crippen molar-refractivity contribution in [3.05, 3.63) is 82.9 Å². The molecule has 0 unspecified atom stereocenters. The lowest BCUT2D eigenvalue weighted by molar-refractivity contribution is 0.102. The number of benzene rings is 3. The van der Waals surface area contributed by atoms with E-state index < -0.39 is 0 Å². The second kappa shape index (κ2) is 10.2. The number of hydrogen-bond acceptors (Lipinski definition) is 4. The van der Waals surface area contributed by atoms with Crippen LogP contribution in [0.25, 0.3) is 0 Å². The molecule has 0 atom stereocenters. The van der Waals surface area contributed by atoms with E-state index in [1.807, 2.05) is 61.5 Å². The molecule has 3 aromatic rings. The molecule has 0 aliphatic rings. The van der Waals surface area contributed by atoms with Gasteiger partial charge in [-0.05, 0) is 61.5 Å². The van der Waals surface area contributed by atoms with Crippen LogP contribution in [0.2, 0.25) is 5.02 Å². The Bertz CT molecular complexity index is 976. The van der Waals surface area contributed by atoms with Gasteiger partial charge >= 0.3 is 0 Å². The van der Waals surface area contributed by atoms with E-state index in [-0.39, 0.29) is 5.91 Å². The summed E-state index contributed by atoms with van der Waals surface area (Å²) in [6, 6.07) is 20.5. The van der Waals surface area contributed by atoms with E-state index >= 15 is 0 Å². The maximum absolute atomic E-state index is 12.7. The highest BCUT2D eigenvalue weighted by Gasteiger charge is 2.12. The Morgan fingerprint density at radius 2 is 1.86 bits per heavy atom. The van der Waals surface area contributed by atoms with Crippen molar-refractivity contribution in [1.29, 1.82) is 0 Å². The number of methoxy groups -OCH3 is 1. The zero-order valence-electron chi connectivity index (χ0n) is 16.3. The second-order valence-corrected chi connectivity index (χ2v) is 7.67. The van der Waals surface area contributed by atoms with Crippen LogP contribution in [0.15, 0.2) is 71.6 Å². The van der Waals surface area contributed by atoms with Crippen LogP contribution in [0.1, 0.15) is 22.8 Å². The van der Waals surface area contributed by atoms with Crippen molar-refractivity contribution in [2.75, 3.05) is 19.0 Å². The molecule has 0 aliphatic heterocycles. The molecule has 0 saturated heterocycles. The molecule has 3 rings (SSSR count). The molecular formula is C23H22ClNO3S. The minimum atomic E-state index is -0.181. The van der Waals surface area contributed by atoms with E-state index in [0.29, 0.717) is 34.4 Å². The fourth-order valence-corrected chi connectivity index (χ4v) is 3.73. The number of carbonyl (C=O) groups excluding carboxylic acids is 1. The fraction of sp³-hybridized carbons (Fsp3) is 0.174. The highest BCUT2D eigenvalue weighted by molar-refractivity contribution is 7.98. The standard InChI is InChI=1S/C23H22ClNO3S/c1-3-28-22-12-7-16(23(26)25-19-5-4-6-20(14-19)27-2)13-17(22)15-29-21-10-8-18(24)9-11-21/h4-14H,3,15H2,1-2H3,(H,25,26). The van der Waals surface area contributed by atoms with Crippen LogP contribution in [-0.4, -0.2) is 19.6 Å². The summed E-state index contributed by atoms with van der Waals surface area (Å²) >= 11 is 7.62. The lowest BCUT2D eigenvalue weighted by atomic mass is 10.1. The number of rotatable bonds is 8. The summed E-state index contributed by atoms with van der Waals surface area (Å²) in [4.78, 5) is 13.8. The molecule has 0 bridgehead atoms. The summed E-state index contributed by atoms with van der Waals surface area (Å²) in [5.41, 5.74) is 2.22. The van der Waals surface area contributed by atoms with Crippen LogP contribution in [0.3, 0.4) is 0 Å². The van der Waals surface area contributed by atoms with Gasteiger partial charge in [0.1, 0.15) is 11.5 Å². The molecule has 0 fully saturated rings. The molecule has 1 N–H and O–H groups in total. The van der Waals surface area contributed by atoms with E-state index in [1.54, 1.807) is 31.0 Å². The van der Waals surface area contributed by atoms with E-state index in [4.69, 9.17) is 21.1 Å². The van der Waals surface area contributed by atoms with Crippen molar-refractivity contribution in [1.82, 2.24) is 0 Å². The lowest BCUT2D eigenvalue weighted by Crippen LogP contribution is -2.12. The Morgan fingerprint density at radius 1 is 1.07 bits per heavy atom. The first kappa shape index (κ1) is 21.1. The monoisotopic (exact) mass is 427 g/mol. The highest BCUT2D eigenvalue weighted by Crippen LogP contribution is 2.30. The second-order valence-electron chi connectivity index (χ2n) is 6.18. The van der Waals surface area contributed by atoms with Gasteiger partial charge in [0.25, 0.3) is 5.91 Å². The first-order valence-electron chi connectivity index (χ1n) is 9.18. The number of hydrogen-bond donors (Lipinski definition) is 1. The molecule has 0 saturated carbocycles. The fourth-order valence-electron chi connectivity index (χ4n) is 2.73. The van der Waals surface area contributed by atoms with Crippen LogP contribution >= 0.6 is 23.4 Å². The van der Waals surface area contributed by atoms with Gasteiger partial charge in [-0.25, -0.2) is 0 Å². The summed E-state index contributed by atoms with van der Waals surface area (Å²) in [6.07, 6.45) is 0. The maximum Gasteiger partial charge on any atom is 0.255 e. The van der Waals surface area contributed by atoms with E-state index in [9.17, 15) is 4.79 Å². The predicted octanol–water partition coefficient (Wildman–Crippen LogP) is 6.29. The molecule has 3 aromatic carbocycles. The highest BCUT2D eigenvalue weighted by atomic mass is 35.5. The van der Waals surface area contributed by atoms with Crippen molar-refractivity contribution in [2.24, 2.45) is 0 Å². The first-order valence-corrected chi connectivity index (χ1v) is 10.5. The normalized spacial score (nSPS) is 10.4. The third-order valence-electron chi connectivity index (χ3n) is 4.16. The van der Waals surface area contributed by atoms with Crippen molar-refractivity contribution >= 4 is 35.0 Å². The molecule has 0 heterocycles. The zero-order chi connectivity index (χ0) is 20.6. The number of nitrogens with one attached hydrogen (secondary N) is 1. The Morgan fingerprint density at radius 3 is 2.59 bits per heavy atom. The predicted molar refractivity (Wildman–Crippen MR) is 120 cm³/mol. The first-order chi connectivity index (χ1) is 14.1. The Hall–Kier alpha value is -2.63. The Balaban J connectivity index is 1.77. The van der Waals surface area contributed by atoms with Gasteiger partial charge in [0, 0.05) is 38.6 Å². The van der Waals surface area contributed by atoms with Crippen LogP contribution in [0.5, 0.6) is 11.5 Å². The van der Waals surface area contributed by atoms with Gasteiger partial charge in [0.15, 0.2) is 0 Å². The maximum atomic E-state index is 12.7. The van der Waals surface area contributed by atoms with Crippen LogP contribution in [0.4, 0.5) is 5.69 Å².